The number of rotatable bonds is 4. The fourth-order valence-corrected chi connectivity index (χ4v) is 2.11. The molecule has 0 saturated carbocycles. The number of fused-ring (bicyclic) bond motifs is 1. The zero-order chi connectivity index (χ0) is 14.7. The van der Waals surface area contributed by atoms with Gasteiger partial charge in [0.25, 0.3) is 5.69 Å². The summed E-state index contributed by atoms with van der Waals surface area (Å²) in [5, 5.41) is 15.7. The van der Waals surface area contributed by atoms with Gasteiger partial charge in [0, 0.05) is 41.5 Å². The monoisotopic (exact) mass is 269 g/mol. The predicted octanol–water partition coefficient (Wildman–Crippen LogP) is 3.28. The minimum absolute atomic E-state index is 0.0580. The van der Waals surface area contributed by atoms with Gasteiger partial charge in [0.2, 0.25) is 0 Å². The molecule has 5 nitrogen and oxygen atoms in total. The highest BCUT2D eigenvalue weighted by Crippen LogP contribution is 2.31. The first-order valence-corrected chi connectivity index (χ1v) is 6.26. The van der Waals surface area contributed by atoms with Crippen LogP contribution in [0.5, 0.6) is 0 Å². The Hall–Kier alpha value is -2.61. The van der Waals surface area contributed by atoms with Crippen molar-refractivity contribution in [3.05, 3.63) is 40.2 Å². The number of aryl methyl sites for hydroxylation is 1. The normalized spacial score (nSPS) is 11.8. The second kappa shape index (κ2) is 5.57. The maximum Gasteiger partial charge on any atom is 0.278 e. The predicted molar refractivity (Wildman–Crippen MR) is 79.7 cm³/mol. The first-order chi connectivity index (χ1) is 9.52. The minimum atomic E-state index is -0.395. The van der Waals surface area contributed by atoms with Crippen LogP contribution in [0.1, 0.15) is 19.0 Å². The van der Waals surface area contributed by atoms with Gasteiger partial charge in [-0.1, -0.05) is 0 Å². The van der Waals surface area contributed by atoms with E-state index in [-0.39, 0.29) is 11.7 Å². The summed E-state index contributed by atoms with van der Waals surface area (Å²) in [6.45, 7) is 3.83. The van der Waals surface area contributed by atoms with E-state index in [1.165, 1.54) is 6.07 Å². The molecule has 102 valence electrons. The Balaban J connectivity index is 2.56. The van der Waals surface area contributed by atoms with E-state index in [1.807, 2.05) is 19.9 Å². The number of anilines is 1. The van der Waals surface area contributed by atoms with E-state index in [2.05, 4.69) is 16.2 Å². The molecule has 0 bridgehead atoms. The molecule has 2 aromatic rings. The quantitative estimate of drug-likeness (QED) is 0.525. The third kappa shape index (κ3) is 2.69. The molecule has 0 spiro atoms. The molecule has 0 amide bonds. The summed E-state index contributed by atoms with van der Waals surface area (Å²) in [6, 6.07) is 5.14. The number of pyridine rings is 1. The molecule has 0 radical (unpaired) electrons. The number of nitro benzene ring substituents is 1. The molecule has 1 aromatic heterocycles. The molecular formula is C15H15N3O2. The number of hydrogen-bond acceptors (Lipinski definition) is 4. The van der Waals surface area contributed by atoms with Crippen molar-refractivity contribution in [1.82, 2.24) is 4.98 Å². The Morgan fingerprint density at radius 3 is 2.90 bits per heavy atom. The average Bonchev–Trinajstić information content (AvgIpc) is 2.39. The summed E-state index contributed by atoms with van der Waals surface area (Å²) in [4.78, 5) is 14.8. The van der Waals surface area contributed by atoms with Crippen LogP contribution in [0, 0.1) is 29.4 Å². The standard InChI is InChI=1S/C15H15N3O2/c1-4-5-10(2)17-14-6-7-15(18(19)20)13-9-16-11(3)8-12(13)14/h1,6-10,17H,5H2,2-3H3. The summed E-state index contributed by atoms with van der Waals surface area (Å²) in [5.74, 6) is 2.59. The first-order valence-electron chi connectivity index (χ1n) is 6.26. The van der Waals surface area contributed by atoms with E-state index in [0.29, 0.717) is 11.8 Å². The van der Waals surface area contributed by atoms with Crippen LogP contribution >= 0.6 is 0 Å². The lowest BCUT2D eigenvalue weighted by molar-refractivity contribution is -0.383. The smallest absolute Gasteiger partial charge is 0.278 e. The van der Waals surface area contributed by atoms with E-state index >= 15 is 0 Å². The molecule has 0 aliphatic rings. The van der Waals surface area contributed by atoms with Crippen LogP contribution in [-0.4, -0.2) is 15.9 Å². The van der Waals surface area contributed by atoms with Crippen molar-refractivity contribution in [2.24, 2.45) is 0 Å². The number of hydrogen-bond donors (Lipinski definition) is 1. The lowest BCUT2D eigenvalue weighted by Crippen LogP contribution is -2.14. The number of nitro groups is 1. The number of benzene rings is 1. The van der Waals surface area contributed by atoms with Crippen LogP contribution in [0.2, 0.25) is 0 Å². The fraction of sp³-hybridized carbons (Fsp3) is 0.267. The Bertz CT molecular complexity index is 704. The van der Waals surface area contributed by atoms with Gasteiger partial charge < -0.3 is 5.32 Å². The molecule has 1 heterocycles. The number of nitrogens with one attached hydrogen (secondary N) is 1. The van der Waals surface area contributed by atoms with Gasteiger partial charge in [-0.05, 0) is 26.0 Å². The van der Waals surface area contributed by atoms with Crippen molar-refractivity contribution in [2.45, 2.75) is 26.3 Å². The van der Waals surface area contributed by atoms with E-state index in [4.69, 9.17) is 6.42 Å². The van der Waals surface area contributed by atoms with E-state index in [9.17, 15) is 10.1 Å². The van der Waals surface area contributed by atoms with Crippen LogP contribution in [0.15, 0.2) is 24.4 Å². The van der Waals surface area contributed by atoms with Gasteiger partial charge in [-0.15, -0.1) is 12.3 Å². The van der Waals surface area contributed by atoms with Crippen molar-refractivity contribution >= 4 is 22.1 Å². The summed E-state index contributed by atoms with van der Waals surface area (Å²) in [6.07, 6.45) is 7.42. The highest BCUT2D eigenvalue weighted by molar-refractivity contribution is 5.99. The second-order valence-electron chi connectivity index (χ2n) is 4.71. The largest absolute Gasteiger partial charge is 0.381 e. The molecule has 0 saturated heterocycles. The molecule has 1 atom stereocenters. The average molecular weight is 269 g/mol. The van der Waals surface area contributed by atoms with Crippen molar-refractivity contribution in [3.63, 3.8) is 0 Å². The Labute approximate surface area is 117 Å². The summed E-state index contributed by atoms with van der Waals surface area (Å²) in [5.41, 5.74) is 1.70. The van der Waals surface area contributed by atoms with Gasteiger partial charge >= 0.3 is 0 Å². The van der Waals surface area contributed by atoms with Gasteiger partial charge in [-0.25, -0.2) is 0 Å². The lowest BCUT2D eigenvalue weighted by atomic mass is 10.1. The molecule has 0 fully saturated rings. The van der Waals surface area contributed by atoms with Gasteiger partial charge in [0.15, 0.2) is 0 Å². The van der Waals surface area contributed by atoms with E-state index < -0.39 is 4.92 Å². The van der Waals surface area contributed by atoms with Crippen LogP contribution < -0.4 is 5.32 Å². The number of nitrogens with zero attached hydrogens (tertiary/aromatic N) is 2. The van der Waals surface area contributed by atoms with Gasteiger partial charge in [-0.2, -0.15) is 0 Å². The Morgan fingerprint density at radius 1 is 1.50 bits per heavy atom. The van der Waals surface area contributed by atoms with Gasteiger partial charge in [0.1, 0.15) is 0 Å². The maximum absolute atomic E-state index is 11.1. The third-order valence-electron chi connectivity index (χ3n) is 3.04. The van der Waals surface area contributed by atoms with Gasteiger partial charge in [0.05, 0.1) is 10.3 Å². The molecule has 1 unspecified atom stereocenters. The van der Waals surface area contributed by atoms with Crippen molar-refractivity contribution in [1.29, 1.82) is 0 Å². The van der Waals surface area contributed by atoms with Crippen molar-refractivity contribution in [2.75, 3.05) is 5.32 Å². The zero-order valence-electron chi connectivity index (χ0n) is 11.4. The molecule has 20 heavy (non-hydrogen) atoms. The van der Waals surface area contributed by atoms with E-state index in [0.717, 1.165) is 16.8 Å². The van der Waals surface area contributed by atoms with Crippen molar-refractivity contribution < 1.29 is 4.92 Å². The van der Waals surface area contributed by atoms with E-state index in [1.54, 1.807) is 12.3 Å². The number of terminal acetylenes is 1. The number of non-ortho nitro benzene ring substituents is 1. The Kier molecular flexibility index (Phi) is 3.85. The summed E-state index contributed by atoms with van der Waals surface area (Å²) < 4.78 is 0. The van der Waals surface area contributed by atoms with Crippen LogP contribution in [0.3, 0.4) is 0 Å². The first kappa shape index (κ1) is 13.8. The molecule has 2 rings (SSSR count). The SMILES string of the molecule is C#CCC(C)Nc1ccc([N+](=O)[O-])c2cnc(C)cc12. The molecule has 1 aromatic carbocycles. The molecule has 0 aliphatic heterocycles. The summed E-state index contributed by atoms with van der Waals surface area (Å²) in [7, 11) is 0. The molecule has 5 heteroatoms. The highest BCUT2D eigenvalue weighted by atomic mass is 16.6. The highest BCUT2D eigenvalue weighted by Gasteiger charge is 2.15. The maximum atomic E-state index is 11.1. The van der Waals surface area contributed by atoms with Crippen LogP contribution in [0.25, 0.3) is 10.8 Å². The third-order valence-corrected chi connectivity index (χ3v) is 3.04. The fourth-order valence-electron chi connectivity index (χ4n) is 2.11. The van der Waals surface area contributed by atoms with Crippen molar-refractivity contribution in [3.8, 4) is 12.3 Å². The summed E-state index contributed by atoms with van der Waals surface area (Å²) >= 11 is 0. The minimum Gasteiger partial charge on any atom is -0.381 e. The lowest BCUT2D eigenvalue weighted by Gasteiger charge is -2.15. The molecule has 1 N–H and O–H groups in total. The zero-order valence-corrected chi connectivity index (χ0v) is 11.4. The molecular weight excluding hydrogens is 254 g/mol. The number of aromatic nitrogens is 1. The molecule has 0 aliphatic carbocycles. The van der Waals surface area contributed by atoms with Gasteiger partial charge in [-0.3, -0.25) is 15.1 Å². The topological polar surface area (TPSA) is 68.1 Å². The van der Waals surface area contributed by atoms with Crippen LogP contribution in [-0.2, 0) is 0 Å². The Morgan fingerprint density at radius 2 is 2.25 bits per heavy atom. The second-order valence-corrected chi connectivity index (χ2v) is 4.71. The van der Waals surface area contributed by atoms with Crippen LogP contribution in [0.4, 0.5) is 11.4 Å².